The van der Waals surface area contributed by atoms with Crippen molar-refractivity contribution in [3.8, 4) is 0 Å². The third kappa shape index (κ3) is 10.1. The first-order valence-electron chi connectivity index (χ1n) is 9.00. The fourth-order valence-electron chi connectivity index (χ4n) is 1.92. The van der Waals surface area contributed by atoms with Crippen LogP contribution in [0, 0.1) is 0 Å². The van der Waals surface area contributed by atoms with Crippen molar-refractivity contribution >= 4 is 0 Å². The van der Waals surface area contributed by atoms with Gasteiger partial charge < -0.3 is 0 Å². The minimum atomic E-state index is 0. The molecule has 6 heteroatoms. The second kappa shape index (κ2) is 12.2. The van der Waals surface area contributed by atoms with Crippen LogP contribution < -0.4 is 0 Å². The molecule has 3 heterocycles. The molecule has 160 valence electrons. The van der Waals surface area contributed by atoms with Crippen LogP contribution in [0.3, 0.4) is 0 Å². The van der Waals surface area contributed by atoms with Crippen molar-refractivity contribution in [3.63, 3.8) is 0 Å². The molecule has 0 fully saturated rings. The molecule has 0 amide bonds. The molecule has 0 spiro atoms. The van der Waals surface area contributed by atoms with Crippen LogP contribution in [0.15, 0.2) is 36.9 Å². The predicted molar refractivity (Wildman–Crippen MR) is 121 cm³/mol. The molecule has 0 radical (unpaired) electrons. The maximum atomic E-state index is 3.86. The van der Waals surface area contributed by atoms with Gasteiger partial charge in [0.05, 0.1) is 6.20 Å². The Morgan fingerprint density at radius 2 is 1.36 bits per heavy atom. The highest BCUT2D eigenvalue weighted by Gasteiger charge is 2.14. The topological polar surface area (TPSA) is 86.0 Å². The number of nitrogens with one attached hydrogen (secondary N) is 3. The van der Waals surface area contributed by atoms with E-state index in [2.05, 4.69) is 86.0 Å². The molecule has 0 saturated carbocycles. The number of hydrogen-bond acceptors (Lipinski definition) is 3. The van der Waals surface area contributed by atoms with Crippen molar-refractivity contribution in [2.75, 3.05) is 0 Å². The zero-order valence-electron chi connectivity index (χ0n) is 17.4. The van der Waals surface area contributed by atoms with E-state index >= 15 is 0 Å². The monoisotopic (exact) mass is 390 g/mol. The van der Waals surface area contributed by atoms with Gasteiger partial charge in [0, 0.05) is 35.4 Å². The summed E-state index contributed by atoms with van der Waals surface area (Å²) in [7, 11) is 0. The van der Waals surface area contributed by atoms with E-state index in [0.29, 0.717) is 5.92 Å². The van der Waals surface area contributed by atoms with E-state index in [1.807, 2.05) is 24.5 Å². The smallest absolute Gasteiger partial charge is 0.0524 e. The van der Waals surface area contributed by atoms with Crippen molar-refractivity contribution in [1.29, 1.82) is 0 Å². The van der Waals surface area contributed by atoms with Gasteiger partial charge in [0.15, 0.2) is 0 Å². The van der Waals surface area contributed by atoms with Gasteiger partial charge in [-0.1, -0.05) is 70.2 Å². The lowest BCUT2D eigenvalue weighted by Crippen LogP contribution is -2.11. The lowest BCUT2D eigenvalue weighted by atomic mass is 9.90. The Labute approximate surface area is 172 Å². The van der Waals surface area contributed by atoms with Gasteiger partial charge in [0.2, 0.25) is 0 Å². The van der Waals surface area contributed by atoms with Gasteiger partial charge in [-0.25, -0.2) is 0 Å². The Hall–Kier alpha value is -2.37. The largest absolute Gasteiger partial charge is 0.285 e. The molecule has 0 aliphatic heterocycles. The van der Waals surface area contributed by atoms with E-state index in [-0.39, 0.29) is 25.7 Å². The van der Waals surface area contributed by atoms with Crippen LogP contribution in [0.5, 0.6) is 0 Å². The van der Waals surface area contributed by atoms with Crippen LogP contribution >= 0.6 is 0 Å². The van der Waals surface area contributed by atoms with Gasteiger partial charge in [-0.15, -0.1) is 0 Å². The maximum Gasteiger partial charge on any atom is 0.0524 e. The molecule has 3 rings (SSSR count). The minimum Gasteiger partial charge on any atom is -0.285 e. The third-order valence-corrected chi connectivity index (χ3v) is 3.82. The summed E-state index contributed by atoms with van der Waals surface area (Å²) in [6.45, 7) is 17.2. The molecular formula is C22H42N6. The number of H-pyrrole nitrogens is 3. The average Bonchev–Trinajstić information content (AvgIpc) is 3.28. The van der Waals surface area contributed by atoms with E-state index in [1.54, 1.807) is 12.4 Å². The highest BCUT2D eigenvalue weighted by Crippen LogP contribution is 2.19. The summed E-state index contributed by atoms with van der Waals surface area (Å²) >= 11 is 0. The minimum absolute atomic E-state index is 0. The second-order valence-corrected chi connectivity index (χ2v) is 8.62. The number of rotatable bonds is 1. The molecule has 3 aromatic rings. The standard InChI is InChI=1S/2C7H12N2.C6H10N2.2CH4/c1-7(2,3)6-4-8-9-5-6;1-7(2,3)6-4-5-8-9-6;1-5(2)6-3-4-7-8-6;;/h2*4-5H,1-3H3,(H,8,9);3-5H,1-2H3,(H,7,8);2*1H4. The van der Waals surface area contributed by atoms with Crippen LogP contribution in [0.25, 0.3) is 0 Å². The molecular weight excluding hydrogens is 348 g/mol. The molecule has 3 N–H and O–H groups in total. The molecule has 6 nitrogen and oxygen atoms in total. The molecule has 0 unspecified atom stereocenters. The van der Waals surface area contributed by atoms with Crippen molar-refractivity contribution < 1.29 is 0 Å². The third-order valence-electron chi connectivity index (χ3n) is 3.82. The van der Waals surface area contributed by atoms with Gasteiger partial charge in [-0.2, -0.15) is 15.3 Å². The van der Waals surface area contributed by atoms with Crippen LogP contribution in [-0.4, -0.2) is 30.6 Å². The zero-order valence-corrected chi connectivity index (χ0v) is 17.4. The van der Waals surface area contributed by atoms with Crippen molar-refractivity contribution in [2.24, 2.45) is 0 Å². The molecule has 0 aromatic carbocycles. The summed E-state index contributed by atoms with van der Waals surface area (Å²) in [5, 5.41) is 20.1. The second-order valence-electron chi connectivity index (χ2n) is 8.62. The Balaban J connectivity index is 0. The normalized spacial score (nSPS) is 10.6. The summed E-state index contributed by atoms with van der Waals surface area (Å²) in [6.07, 6.45) is 7.34. The highest BCUT2D eigenvalue weighted by molar-refractivity contribution is 5.13. The summed E-state index contributed by atoms with van der Waals surface area (Å²) < 4.78 is 0. The molecule has 0 aliphatic rings. The van der Waals surface area contributed by atoms with E-state index in [9.17, 15) is 0 Å². The van der Waals surface area contributed by atoms with Crippen LogP contribution in [0.1, 0.15) is 93.1 Å². The molecule has 0 saturated heterocycles. The molecule has 0 bridgehead atoms. The SMILES string of the molecule is C.C.CC(C)(C)c1ccn[nH]1.CC(C)(C)c1cn[nH]c1.CC(C)c1ccn[nH]1. The molecule has 0 aliphatic carbocycles. The van der Waals surface area contributed by atoms with Crippen LogP contribution in [-0.2, 0) is 10.8 Å². The maximum absolute atomic E-state index is 3.86. The summed E-state index contributed by atoms with van der Waals surface area (Å²) in [5.74, 6) is 0.567. The van der Waals surface area contributed by atoms with E-state index < -0.39 is 0 Å². The molecule has 28 heavy (non-hydrogen) atoms. The van der Waals surface area contributed by atoms with Gasteiger partial charge in [-0.05, 0) is 29.0 Å². The van der Waals surface area contributed by atoms with E-state index in [4.69, 9.17) is 0 Å². The van der Waals surface area contributed by atoms with Crippen LogP contribution in [0.2, 0.25) is 0 Å². The van der Waals surface area contributed by atoms with Gasteiger partial charge in [-0.3, -0.25) is 15.3 Å². The average molecular weight is 391 g/mol. The van der Waals surface area contributed by atoms with E-state index in [0.717, 1.165) is 0 Å². The summed E-state index contributed by atoms with van der Waals surface area (Å²) in [6, 6.07) is 3.99. The fraction of sp³-hybridized carbons (Fsp3) is 0.591. The summed E-state index contributed by atoms with van der Waals surface area (Å²) in [4.78, 5) is 0. The predicted octanol–water partition coefficient (Wildman–Crippen LogP) is 6.22. The number of aromatic nitrogens is 6. The number of aromatic amines is 3. The van der Waals surface area contributed by atoms with Crippen molar-refractivity contribution in [1.82, 2.24) is 30.6 Å². The lowest BCUT2D eigenvalue weighted by molar-refractivity contribution is 0.567. The number of nitrogens with zero attached hydrogens (tertiary/aromatic N) is 3. The van der Waals surface area contributed by atoms with Gasteiger partial charge in [0.1, 0.15) is 0 Å². The highest BCUT2D eigenvalue weighted by atomic mass is 15.1. The lowest BCUT2D eigenvalue weighted by Gasteiger charge is -2.14. The molecule has 0 atom stereocenters. The Kier molecular flexibility index (Phi) is 12.1. The quantitative estimate of drug-likeness (QED) is 0.461. The Morgan fingerprint density at radius 3 is 1.57 bits per heavy atom. The first kappa shape index (κ1) is 27.8. The Bertz CT molecular complexity index is 637. The van der Waals surface area contributed by atoms with Crippen molar-refractivity contribution in [3.05, 3.63) is 53.9 Å². The van der Waals surface area contributed by atoms with E-state index in [1.165, 1.54) is 17.0 Å². The van der Waals surface area contributed by atoms with Crippen molar-refractivity contribution in [2.45, 2.75) is 87.0 Å². The van der Waals surface area contributed by atoms with Gasteiger partial charge >= 0.3 is 0 Å². The molecule has 3 aromatic heterocycles. The zero-order chi connectivity index (χ0) is 19.8. The van der Waals surface area contributed by atoms with Crippen LogP contribution in [0.4, 0.5) is 0 Å². The summed E-state index contributed by atoms with van der Waals surface area (Å²) in [5.41, 5.74) is 4.07. The first-order chi connectivity index (χ1) is 12.0. The fourth-order valence-corrected chi connectivity index (χ4v) is 1.92. The first-order valence-corrected chi connectivity index (χ1v) is 9.00. The Morgan fingerprint density at radius 1 is 0.786 bits per heavy atom. The van der Waals surface area contributed by atoms with Gasteiger partial charge in [0.25, 0.3) is 0 Å². The number of hydrogen-bond donors (Lipinski definition) is 3.